The average molecular weight is 390 g/mol. The van der Waals surface area contributed by atoms with Crippen LogP contribution in [0.1, 0.15) is 11.1 Å². The number of nitrogens with zero attached hydrogens (tertiary/aromatic N) is 2. The number of aromatic nitrogens is 2. The number of hydrogen-bond acceptors (Lipinski definition) is 6. The first-order valence-corrected chi connectivity index (χ1v) is 9.13. The van der Waals surface area contributed by atoms with E-state index < -0.39 is 0 Å². The van der Waals surface area contributed by atoms with Gasteiger partial charge in [-0.1, -0.05) is 18.2 Å². The van der Waals surface area contributed by atoms with E-state index in [1.807, 2.05) is 25.1 Å². The van der Waals surface area contributed by atoms with E-state index in [0.717, 1.165) is 22.5 Å². The number of anilines is 3. The molecule has 148 valence electrons. The molecule has 0 aliphatic carbocycles. The Morgan fingerprint density at radius 2 is 1.90 bits per heavy atom. The molecule has 6 nitrogen and oxygen atoms in total. The Balaban J connectivity index is 1.74. The molecular formula is C22H23FN6. The van der Waals surface area contributed by atoms with Gasteiger partial charge in [-0.05, 0) is 49.2 Å². The molecule has 0 saturated carbocycles. The molecule has 29 heavy (non-hydrogen) atoms. The van der Waals surface area contributed by atoms with Crippen LogP contribution in [0.2, 0.25) is 0 Å². The van der Waals surface area contributed by atoms with Gasteiger partial charge in [0.1, 0.15) is 11.6 Å². The Morgan fingerprint density at radius 1 is 1.14 bits per heavy atom. The number of nitrogen functional groups attached to an aromatic ring is 1. The summed E-state index contributed by atoms with van der Waals surface area (Å²) >= 11 is 0. The predicted molar refractivity (Wildman–Crippen MR) is 117 cm³/mol. The maximum atomic E-state index is 13.0. The molecule has 0 saturated heterocycles. The molecule has 0 amide bonds. The third kappa shape index (κ3) is 5.16. The second kappa shape index (κ2) is 8.97. The Hall–Kier alpha value is -3.74. The van der Waals surface area contributed by atoms with Crippen LogP contribution in [0.3, 0.4) is 0 Å². The van der Waals surface area contributed by atoms with Crippen LogP contribution in [-0.4, -0.2) is 22.7 Å². The number of halogens is 1. The van der Waals surface area contributed by atoms with Crippen molar-refractivity contribution in [1.29, 1.82) is 5.41 Å². The van der Waals surface area contributed by atoms with E-state index in [0.29, 0.717) is 17.9 Å². The van der Waals surface area contributed by atoms with Crippen molar-refractivity contribution in [2.45, 2.75) is 13.8 Å². The maximum absolute atomic E-state index is 13.0. The van der Waals surface area contributed by atoms with Gasteiger partial charge in [-0.25, -0.2) is 9.37 Å². The van der Waals surface area contributed by atoms with Crippen molar-refractivity contribution in [2.24, 2.45) is 0 Å². The first-order valence-electron chi connectivity index (χ1n) is 9.13. The zero-order chi connectivity index (χ0) is 20.8. The fraction of sp³-hybridized carbons (Fsp3) is 0.136. The highest BCUT2D eigenvalue weighted by Gasteiger charge is 2.09. The molecule has 3 aromatic rings. The molecule has 5 N–H and O–H groups in total. The Labute approximate surface area is 169 Å². The minimum absolute atomic E-state index is 0.177. The minimum Gasteiger partial charge on any atom is -0.368 e. The van der Waals surface area contributed by atoms with E-state index in [-0.39, 0.29) is 11.8 Å². The summed E-state index contributed by atoms with van der Waals surface area (Å²) in [5.41, 5.74) is 11.4. The van der Waals surface area contributed by atoms with Crippen molar-refractivity contribution < 1.29 is 4.39 Å². The van der Waals surface area contributed by atoms with E-state index in [2.05, 4.69) is 33.6 Å². The van der Waals surface area contributed by atoms with Gasteiger partial charge in [0.2, 0.25) is 5.95 Å². The van der Waals surface area contributed by atoms with Gasteiger partial charge >= 0.3 is 0 Å². The van der Waals surface area contributed by atoms with Gasteiger partial charge in [0.15, 0.2) is 0 Å². The number of hydrogen-bond donors (Lipinski definition) is 4. The molecule has 1 heterocycles. The number of nitrogens with one attached hydrogen (secondary N) is 3. The summed E-state index contributed by atoms with van der Waals surface area (Å²) < 4.78 is 13.0. The van der Waals surface area contributed by atoms with Gasteiger partial charge in [0.05, 0.1) is 5.69 Å². The number of nitrogens with two attached hydrogens (primary N) is 1. The molecular weight excluding hydrogens is 367 g/mol. The lowest BCUT2D eigenvalue weighted by atomic mass is 10.0. The number of rotatable bonds is 7. The van der Waals surface area contributed by atoms with Crippen molar-refractivity contribution in [1.82, 2.24) is 9.97 Å². The van der Waals surface area contributed by atoms with Gasteiger partial charge in [-0.3, -0.25) is 0 Å². The zero-order valence-electron chi connectivity index (χ0n) is 16.3. The SMILES string of the molecule is Cc1cccc(-c2cc(NC/C(C=N)=C/Nc3ccc(F)cc3)nc(N)n2)c1C. The van der Waals surface area contributed by atoms with Crippen LogP contribution in [-0.2, 0) is 0 Å². The van der Waals surface area contributed by atoms with E-state index in [4.69, 9.17) is 11.1 Å². The summed E-state index contributed by atoms with van der Waals surface area (Å²) in [6.07, 6.45) is 2.92. The highest BCUT2D eigenvalue weighted by molar-refractivity contribution is 5.78. The van der Waals surface area contributed by atoms with Crippen molar-refractivity contribution in [3.63, 3.8) is 0 Å². The monoisotopic (exact) mass is 390 g/mol. The van der Waals surface area contributed by atoms with Crippen molar-refractivity contribution in [2.75, 3.05) is 22.9 Å². The van der Waals surface area contributed by atoms with E-state index in [9.17, 15) is 4.39 Å². The lowest BCUT2D eigenvalue weighted by Crippen LogP contribution is -2.10. The second-order valence-corrected chi connectivity index (χ2v) is 6.61. The summed E-state index contributed by atoms with van der Waals surface area (Å²) in [5.74, 6) is 0.452. The van der Waals surface area contributed by atoms with E-state index >= 15 is 0 Å². The molecule has 1 aromatic heterocycles. The zero-order valence-corrected chi connectivity index (χ0v) is 16.3. The van der Waals surface area contributed by atoms with Crippen molar-refractivity contribution >= 4 is 23.7 Å². The highest BCUT2D eigenvalue weighted by Crippen LogP contribution is 2.26. The first-order chi connectivity index (χ1) is 14.0. The van der Waals surface area contributed by atoms with Crippen LogP contribution >= 0.6 is 0 Å². The van der Waals surface area contributed by atoms with Crippen LogP contribution in [0.5, 0.6) is 0 Å². The Bertz CT molecular complexity index is 1040. The van der Waals surface area contributed by atoms with Crippen molar-refractivity contribution in [3.05, 3.63) is 77.2 Å². The van der Waals surface area contributed by atoms with Crippen LogP contribution < -0.4 is 16.4 Å². The molecule has 0 unspecified atom stereocenters. The lowest BCUT2D eigenvalue weighted by molar-refractivity contribution is 0.628. The fourth-order valence-electron chi connectivity index (χ4n) is 2.78. The summed E-state index contributed by atoms with van der Waals surface area (Å²) in [5, 5.41) is 13.8. The molecule has 0 aliphatic rings. The third-order valence-corrected chi connectivity index (χ3v) is 4.55. The molecule has 0 bridgehead atoms. The fourth-order valence-corrected chi connectivity index (χ4v) is 2.78. The topological polar surface area (TPSA) is 99.7 Å². The largest absolute Gasteiger partial charge is 0.368 e. The highest BCUT2D eigenvalue weighted by atomic mass is 19.1. The summed E-state index contributed by atoms with van der Waals surface area (Å²) in [6.45, 7) is 4.46. The molecule has 0 aliphatic heterocycles. The van der Waals surface area contributed by atoms with Crippen LogP contribution in [0.4, 0.5) is 21.8 Å². The number of benzene rings is 2. The second-order valence-electron chi connectivity index (χ2n) is 6.61. The molecule has 0 atom stereocenters. The van der Waals surface area contributed by atoms with Gasteiger partial charge < -0.3 is 21.8 Å². The molecule has 2 aromatic carbocycles. The minimum atomic E-state index is -0.297. The third-order valence-electron chi connectivity index (χ3n) is 4.55. The molecule has 0 spiro atoms. The molecule has 0 radical (unpaired) electrons. The Morgan fingerprint density at radius 3 is 2.62 bits per heavy atom. The molecule has 3 rings (SSSR count). The van der Waals surface area contributed by atoms with Gasteiger partial charge in [-0.2, -0.15) is 4.98 Å². The van der Waals surface area contributed by atoms with Crippen LogP contribution in [0, 0.1) is 25.1 Å². The van der Waals surface area contributed by atoms with Crippen molar-refractivity contribution in [3.8, 4) is 11.3 Å². The lowest BCUT2D eigenvalue weighted by Gasteiger charge is -2.12. The van der Waals surface area contributed by atoms with E-state index in [1.165, 1.54) is 23.9 Å². The predicted octanol–water partition coefficient (Wildman–Crippen LogP) is 4.54. The first kappa shape index (κ1) is 20.0. The van der Waals surface area contributed by atoms with E-state index in [1.54, 1.807) is 18.3 Å². The van der Waals surface area contributed by atoms with Crippen LogP contribution in [0.15, 0.2) is 60.3 Å². The maximum Gasteiger partial charge on any atom is 0.222 e. The smallest absolute Gasteiger partial charge is 0.222 e. The summed E-state index contributed by atoms with van der Waals surface area (Å²) in [4.78, 5) is 8.60. The van der Waals surface area contributed by atoms with Crippen LogP contribution in [0.25, 0.3) is 11.3 Å². The van der Waals surface area contributed by atoms with Gasteiger partial charge in [-0.15, -0.1) is 0 Å². The summed E-state index contributed by atoms with van der Waals surface area (Å²) in [6, 6.07) is 13.9. The molecule has 7 heteroatoms. The molecule has 0 fully saturated rings. The standard InChI is InChI=1S/C22H23FN6/c1-14-4-3-5-19(15(14)2)20-10-21(29-22(25)28-20)27-13-16(11-24)12-26-18-8-6-17(23)7-9-18/h3-12,24,26H,13H2,1-2H3,(H3,25,27,28,29)/b16-12+,24-11?. The quantitative estimate of drug-likeness (QED) is 0.444. The average Bonchev–Trinajstić information content (AvgIpc) is 2.71. The Kier molecular flexibility index (Phi) is 6.19. The number of aryl methyl sites for hydroxylation is 1. The van der Waals surface area contributed by atoms with Gasteiger partial charge in [0, 0.05) is 41.8 Å². The normalized spacial score (nSPS) is 11.2. The van der Waals surface area contributed by atoms with Gasteiger partial charge in [0.25, 0.3) is 0 Å². The summed E-state index contributed by atoms with van der Waals surface area (Å²) in [7, 11) is 0.